The first kappa shape index (κ1) is 23.3. The second-order valence-corrected chi connectivity index (χ2v) is 9.48. The highest BCUT2D eigenvalue weighted by molar-refractivity contribution is 6.05. The van der Waals surface area contributed by atoms with E-state index >= 15 is 0 Å². The molecule has 2 bridgehead atoms. The maximum Gasteiger partial charge on any atom is 0.354 e. The van der Waals surface area contributed by atoms with Crippen molar-refractivity contribution in [2.24, 2.45) is 0 Å². The number of carbonyl (C=O) groups excluding carboxylic acids is 1. The average molecular weight is 484 g/mol. The van der Waals surface area contributed by atoms with Crippen molar-refractivity contribution in [2.75, 3.05) is 41.4 Å². The molecule has 2 aromatic rings. The van der Waals surface area contributed by atoms with Crippen LogP contribution in [0.25, 0.3) is 0 Å². The number of carboxylic acid groups (broad SMARTS) is 1. The number of piperidine rings is 1. The van der Waals surface area contributed by atoms with Crippen LogP contribution in [-0.4, -0.2) is 71.3 Å². The number of hydrogen-bond acceptors (Lipinski definition) is 8. The van der Waals surface area contributed by atoms with Crippen LogP contribution in [-0.2, 0) is 9.47 Å². The zero-order chi connectivity index (χ0) is 24.7. The molecule has 2 atom stereocenters. The SMILES string of the molecule is Cc1cc(C(=O)O)nc2c1N1CCC[C@@H](C1)N2C(=O)Nc1cc(OCC2COC(C)(C)O2)ccn1. The van der Waals surface area contributed by atoms with Gasteiger partial charge in [0.1, 0.15) is 24.3 Å². The van der Waals surface area contributed by atoms with Crippen LogP contribution in [0.5, 0.6) is 5.75 Å². The van der Waals surface area contributed by atoms with Crippen LogP contribution in [0.1, 0.15) is 42.7 Å². The molecule has 1 unspecified atom stereocenters. The molecule has 11 heteroatoms. The first-order valence-electron chi connectivity index (χ1n) is 11.7. The van der Waals surface area contributed by atoms with Gasteiger partial charge in [0.15, 0.2) is 17.3 Å². The topological polar surface area (TPSA) is 126 Å². The van der Waals surface area contributed by atoms with Gasteiger partial charge >= 0.3 is 12.0 Å². The number of hydrogen-bond donors (Lipinski definition) is 2. The van der Waals surface area contributed by atoms with E-state index < -0.39 is 17.8 Å². The molecule has 0 spiro atoms. The quantitative estimate of drug-likeness (QED) is 0.660. The van der Waals surface area contributed by atoms with Gasteiger partial charge in [-0.2, -0.15) is 0 Å². The maximum absolute atomic E-state index is 13.5. The van der Waals surface area contributed by atoms with Crippen LogP contribution in [0.15, 0.2) is 24.4 Å². The summed E-state index contributed by atoms with van der Waals surface area (Å²) in [6, 6.07) is 4.37. The molecule has 0 radical (unpaired) electrons. The number of aromatic carboxylic acids is 1. The fraction of sp³-hybridized carbons (Fsp3) is 0.500. The first-order chi connectivity index (χ1) is 16.7. The minimum Gasteiger partial charge on any atom is -0.491 e. The predicted molar refractivity (Wildman–Crippen MR) is 127 cm³/mol. The molecule has 2 fully saturated rings. The van der Waals surface area contributed by atoms with Gasteiger partial charge in [0, 0.05) is 25.4 Å². The number of fused-ring (bicyclic) bond motifs is 4. The maximum atomic E-state index is 13.5. The Morgan fingerprint density at radius 2 is 2.17 bits per heavy atom. The van der Waals surface area contributed by atoms with Crippen molar-refractivity contribution in [3.05, 3.63) is 35.7 Å². The van der Waals surface area contributed by atoms with Crippen LogP contribution in [0.2, 0.25) is 0 Å². The molecule has 3 aliphatic heterocycles. The third kappa shape index (κ3) is 4.73. The van der Waals surface area contributed by atoms with E-state index in [2.05, 4.69) is 20.2 Å². The molecule has 2 amide bonds. The molecule has 5 heterocycles. The Kier molecular flexibility index (Phi) is 5.97. The Hall–Kier alpha value is -3.44. The van der Waals surface area contributed by atoms with Gasteiger partial charge in [0.25, 0.3) is 0 Å². The highest BCUT2D eigenvalue weighted by Gasteiger charge is 2.40. The summed E-state index contributed by atoms with van der Waals surface area (Å²) >= 11 is 0. The zero-order valence-corrected chi connectivity index (χ0v) is 20.0. The van der Waals surface area contributed by atoms with Gasteiger partial charge in [-0.15, -0.1) is 0 Å². The molecule has 5 rings (SSSR count). The summed E-state index contributed by atoms with van der Waals surface area (Å²) in [4.78, 5) is 37.5. The number of nitrogens with one attached hydrogen (secondary N) is 1. The van der Waals surface area contributed by atoms with E-state index in [1.807, 2.05) is 20.8 Å². The molecule has 186 valence electrons. The Balaban J connectivity index is 1.35. The molecule has 2 N–H and O–H groups in total. The lowest BCUT2D eigenvalue weighted by Gasteiger charge is -2.46. The predicted octanol–water partition coefficient (Wildman–Crippen LogP) is 3.03. The van der Waals surface area contributed by atoms with Crippen LogP contribution in [0, 0.1) is 6.92 Å². The minimum absolute atomic E-state index is 0.0879. The molecular formula is C24H29N5O6. The molecule has 2 saturated heterocycles. The number of carboxylic acids is 1. The standard InChI is InChI=1S/C24H29N5O6/c1-14-9-18(22(30)31)26-21-20(14)28-8-4-5-15(11-28)29(21)23(32)27-19-10-16(6-7-25-19)33-12-17-13-34-24(2,3)35-17/h6-7,9-10,15,17H,4-5,8,11-13H2,1-3H3,(H,30,31)(H,25,27,32)/t15-,17?/m0/s1. The van der Waals surface area contributed by atoms with Crippen LogP contribution in [0.4, 0.5) is 22.1 Å². The Morgan fingerprint density at radius 3 is 2.91 bits per heavy atom. The van der Waals surface area contributed by atoms with Crippen molar-refractivity contribution in [2.45, 2.75) is 51.5 Å². The van der Waals surface area contributed by atoms with Gasteiger partial charge in [-0.1, -0.05) is 0 Å². The Morgan fingerprint density at radius 1 is 1.34 bits per heavy atom. The number of carbonyl (C=O) groups is 2. The Labute approximate surface area is 203 Å². The second kappa shape index (κ2) is 8.97. The first-order valence-corrected chi connectivity index (χ1v) is 11.7. The van der Waals surface area contributed by atoms with Crippen molar-refractivity contribution in [1.82, 2.24) is 9.97 Å². The lowest BCUT2D eigenvalue weighted by atomic mass is 9.98. The number of aromatic nitrogens is 2. The number of rotatable bonds is 5. The number of pyridine rings is 2. The summed E-state index contributed by atoms with van der Waals surface area (Å²) in [7, 11) is 0. The van der Waals surface area contributed by atoms with E-state index in [0.29, 0.717) is 37.1 Å². The molecule has 0 aromatic carbocycles. The molecule has 35 heavy (non-hydrogen) atoms. The van der Waals surface area contributed by atoms with Gasteiger partial charge in [-0.05, 0) is 51.3 Å². The van der Waals surface area contributed by atoms with E-state index in [-0.39, 0.29) is 17.8 Å². The van der Waals surface area contributed by atoms with Crippen molar-refractivity contribution in [1.29, 1.82) is 0 Å². The van der Waals surface area contributed by atoms with E-state index in [1.165, 1.54) is 0 Å². The zero-order valence-electron chi connectivity index (χ0n) is 20.0. The fourth-order valence-corrected chi connectivity index (χ4v) is 4.89. The highest BCUT2D eigenvalue weighted by atomic mass is 16.7. The van der Waals surface area contributed by atoms with Crippen molar-refractivity contribution in [3.8, 4) is 5.75 Å². The van der Waals surface area contributed by atoms with Crippen LogP contribution in [0.3, 0.4) is 0 Å². The average Bonchev–Trinajstić information content (AvgIpc) is 3.16. The van der Waals surface area contributed by atoms with Crippen molar-refractivity contribution >= 4 is 29.3 Å². The number of aryl methyl sites for hydroxylation is 1. The third-order valence-corrected chi connectivity index (χ3v) is 6.38. The summed E-state index contributed by atoms with van der Waals surface area (Å²) in [6.45, 7) is 7.83. The van der Waals surface area contributed by atoms with Crippen LogP contribution >= 0.6 is 0 Å². The molecule has 3 aliphatic rings. The van der Waals surface area contributed by atoms with E-state index in [4.69, 9.17) is 14.2 Å². The van der Waals surface area contributed by atoms with Gasteiger partial charge < -0.3 is 24.2 Å². The normalized spacial score (nSPS) is 22.5. The summed E-state index contributed by atoms with van der Waals surface area (Å²) in [6.07, 6.45) is 3.10. The summed E-state index contributed by atoms with van der Waals surface area (Å²) in [5, 5.41) is 12.4. The second-order valence-electron chi connectivity index (χ2n) is 9.48. The number of anilines is 3. The van der Waals surface area contributed by atoms with Crippen molar-refractivity contribution in [3.63, 3.8) is 0 Å². The summed E-state index contributed by atoms with van der Waals surface area (Å²) < 4.78 is 17.2. The summed E-state index contributed by atoms with van der Waals surface area (Å²) in [5.41, 5.74) is 1.49. The molecule has 11 nitrogen and oxygen atoms in total. The minimum atomic E-state index is -1.13. The van der Waals surface area contributed by atoms with Gasteiger partial charge in [0.2, 0.25) is 0 Å². The highest BCUT2D eigenvalue weighted by Crippen LogP contribution is 2.40. The smallest absolute Gasteiger partial charge is 0.354 e. The van der Waals surface area contributed by atoms with Crippen LogP contribution < -0.4 is 19.9 Å². The van der Waals surface area contributed by atoms with Gasteiger partial charge in [0.05, 0.1) is 18.3 Å². The molecule has 2 aromatic heterocycles. The van der Waals surface area contributed by atoms with E-state index in [0.717, 1.165) is 30.6 Å². The number of amides is 2. The van der Waals surface area contributed by atoms with E-state index in [1.54, 1.807) is 29.3 Å². The lowest BCUT2D eigenvalue weighted by molar-refractivity contribution is -0.141. The third-order valence-electron chi connectivity index (χ3n) is 6.38. The molecular weight excluding hydrogens is 454 g/mol. The molecule has 0 saturated carbocycles. The van der Waals surface area contributed by atoms with Gasteiger partial charge in [-0.3, -0.25) is 10.2 Å². The molecule has 0 aliphatic carbocycles. The Bertz CT molecular complexity index is 1160. The number of nitrogens with zero attached hydrogens (tertiary/aromatic N) is 4. The van der Waals surface area contributed by atoms with E-state index in [9.17, 15) is 14.7 Å². The lowest BCUT2D eigenvalue weighted by Crippen LogP contribution is -2.56. The fourth-order valence-electron chi connectivity index (χ4n) is 4.89. The largest absolute Gasteiger partial charge is 0.491 e. The number of urea groups is 1. The summed E-state index contributed by atoms with van der Waals surface area (Å²) in [5.74, 6) is -0.536. The van der Waals surface area contributed by atoms with Crippen molar-refractivity contribution < 1.29 is 28.9 Å². The number of ether oxygens (including phenoxy) is 3. The van der Waals surface area contributed by atoms with Gasteiger partial charge in [-0.25, -0.2) is 19.6 Å². The monoisotopic (exact) mass is 483 g/mol.